The summed E-state index contributed by atoms with van der Waals surface area (Å²) in [7, 11) is 1.02. The van der Waals surface area contributed by atoms with Crippen molar-refractivity contribution in [2.75, 3.05) is 7.11 Å². The van der Waals surface area contributed by atoms with Gasteiger partial charge in [0.1, 0.15) is 19.0 Å². The van der Waals surface area contributed by atoms with Gasteiger partial charge in [0.25, 0.3) is 0 Å². The topological polar surface area (TPSA) is 224 Å². The van der Waals surface area contributed by atoms with E-state index in [9.17, 15) is 28.8 Å². The molecule has 0 spiro atoms. The predicted octanol–water partition coefficient (Wildman–Crippen LogP) is 2.44. The van der Waals surface area contributed by atoms with E-state index in [-0.39, 0.29) is 71.5 Å². The zero-order chi connectivity index (χ0) is 30.1. The normalized spacial score (nSPS) is 20.7. The molecule has 0 saturated carbocycles. The number of hydrogen-bond donors (Lipinski definition) is 0. The minimum atomic E-state index is -1.76. The van der Waals surface area contributed by atoms with Crippen LogP contribution in [0.15, 0.2) is 12.1 Å². The molecule has 224 valence electrons. The van der Waals surface area contributed by atoms with Gasteiger partial charge in [-0.1, -0.05) is 5.56 Å². The van der Waals surface area contributed by atoms with Crippen LogP contribution in [-0.4, -0.2) is 73.9 Å². The zero-order valence-corrected chi connectivity index (χ0v) is 31.7. The number of amides is 2. The molecule has 18 heteroatoms. The molecule has 2 N–H and O–H groups in total. The van der Waals surface area contributed by atoms with E-state index >= 15 is 0 Å². The van der Waals surface area contributed by atoms with Gasteiger partial charge in [-0.2, -0.15) is 0 Å². The second kappa shape index (κ2) is 18.0. The van der Waals surface area contributed by atoms with Gasteiger partial charge in [-0.25, -0.2) is 4.79 Å². The molecule has 0 bridgehead atoms. The van der Waals surface area contributed by atoms with Gasteiger partial charge in [-0.3, -0.25) is 24.0 Å². The quantitative estimate of drug-likeness (QED) is 0.189. The SMILES string of the molecule is COC(=O)[C@H]1O[C@@H](Oc2c(COC([NH-])=O)cc(C)cc2COC([NH-])=O)[C@H](OC(C)=O)[C@@H](OC(C)=O)[C@@H]1OC(C)=O.[Cd].[Cd]. The monoisotopic (exact) mass is 796 g/mol. The van der Waals surface area contributed by atoms with Gasteiger partial charge in [-0.15, -0.1) is 0 Å². The van der Waals surface area contributed by atoms with Crippen molar-refractivity contribution >= 4 is 36.1 Å². The van der Waals surface area contributed by atoms with Crippen molar-refractivity contribution in [3.05, 3.63) is 40.3 Å². The summed E-state index contributed by atoms with van der Waals surface area (Å²) in [5.41, 5.74) is 14.9. The number of esters is 4. The van der Waals surface area contributed by atoms with Crippen molar-refractivity contribution in [3.8, 4) is 5.75 Å². The van der Waals surface area contributed by atoms with Gasteiger partial charge in [0.15, 0.2) is 18.3 Å². The molecule has 1 aliphatic rings. The Morgan fingerprint density at radius 2 is 1.19 bits per heavy atom. The maximum absolute atomic E-state index is 12.7. The second-order valence-corrected chi connectivity index (χ2v) is 8.35. The fourth-order valence-electron chi connectivity index (χ4n) is 3.87. The van der Waals surface area contributed by atoms with E-state index in [0.29, 0.717) is 5.56 Å². The van der Waals surface area contributed by atoms with Crippen molar-refractivity contribution in [2.45, 2.75) is 71.6 Å². The molecule has 0 radical (unpaired) electrons. The van der Waals surface area contributed by atoms with Crippen LogP contribution in [0.3, 0.4) is 0 Å². The Bertz CT molecular complexity index is 1120. The molecule has 1 aromatic carbocycles. The van der Waals surface area contributed by atoms with Gasteiger partial charge >= 0.3 is 23.9 Å². The number of rotatable bonds is 10. The molecule has 2 amide bonds. The summed E-state index contributed by atoms with van der Waals surface area (Å²) in [5.74, 6) is -3.91. The van der Waals surface area contributed by atoms with Crippen LogP contribution in [0.25, 0.3) is 11.5 Å². The van der Waals surface area contributed by atoms with Crippen LogP contribution in [0.4, 0.5) is 9.59 Å². The van der Waals surface area contributed by atoms with Gasteiger partial charge in [-0.05, 0) is 19.1 Å². The summed E-state index contributed by atoms with van der Waals surface area (Å²) in [4.78, 5) is 70.9. The van der Waals surface area contributed by atoms with Gasteiger partial charge < -0.3 is 49.4 Å². The summed E-state index contributed by atoms with van der Waals surface area (Å²) in [6, 6.07) is 2.99. The number of hydrogen-bond acceptors (Lipinski definition) is 14. The largest absolute Gasteiger partial charge is 0.632 e. The van der Waals surface area contributed by atoms with Crippen LogP contribution in [0.1, 0.15) is 37.5 Å². The number of ether oxygens (including phenoxy) is 8. The standard InChI is InChI=1S/C24H30N2O14.2Cd/c1-10-6-14(8-34-23(25)31)16(15(7-10)9-35-24(26)32)39-22-20(38-13(4)29)18(37-12(3)28)17(36-11(2)27)19(40-22)21(30)33-5;;/h6-7,17-20,22H,8-9H2,1-5H3,(H4,25,26,31,32);;/p-2/t17-,18-,19-,20+,22+;;/m0../s1. The molecule has 0 aromatic heterocycles. The summed E-state index contributed by atoms with van der Waals surface area (Å²) >= 11 is 0. The predicted molar refractivity (Wildman–Crippen MR) is 128 cm³/mol. The van der Waals surface area contributed by atoms with Gasteiger partial charge in [0, 0.05) is 86.5 Å². The first-order valence-corrected chi connectivity index (χ1v) is 11.5. The molecule has 1 aliphatic heterocycles. The summed E-state index contributed by atoms with van der Waals surface area (Å²) in [6.07, 6.45) is -11.2. The van der Waals surface area contributed by atoms with E-state index in [4.69, 9.17) is 49.4 Å². The molecule has 42 heavy (non-hydrogen) atoms. The van der Waals surface area contributed by atoms with Crippen LogP contribution in [0.2, 0.25) is 0 Å². The van der Waals surface area contributed by atoms with E-state index in [1.165, 1.54) is 12.1 Å². The smallest absolute Gasteiger partial charge is 0.339 e. The molecule has 0 aliphatic carbocycles. The Hall–Kier alpha value is -2.76. The summed E-state index contributed by atoms with van der Waals surface area (Å²) in [6.45, 7) is 3.71. The average molecular weight is 793 g/mol. The van der Waals surface area contributed by atoms with Crippen molar-refractivity contribution < 1.29 is 121 Å². The maximum Gasteiger partial charge on any atom is 0.339 e. The molecule has 16 nitrogen and oxygen atoms in total. The van der Waals surface area contributed by atoms with Crippen LogP contribution >= 0.6 is 0 Å². The average Bonchev–Trinajstić information content (AvgIpc) is 2.84. The number of aryl methyl sites for hydroxylation is 1. The third kappa shape index (κ3) is 11.5. The van der Waals surface area contributed by atoms with E-state index in [1.807, 2.05) is 0 Å². The van der Waals surface area contributed by atoms with Crippen LogP contribution in [0.5, 0.6) is 5.75 Å². The second-order valence-electron chi connectivity index (χ2n) is 8.35. The van der Waals surface area contributed by atoms with Gasteiger partial charge in [0.05, 0.1) is 7.11 Å². The molecule has 1 saturated heterocycles. The number of benzene rings is 1. The third-order valence-corrected chi connectivity index (χ3v) is 5.17. The molecule has 1 aromatic rings. The third-order valence-electron chi connectivity index (χ3n) is 5.17. The molecule has 2 rings (SSSR count). The van der Waals surface area contributed by atoms with Crippen molar-refractivity contribution in [3.63, 3.8) is 0 Å². The maximum atomic E-state index is 12.7. The Labute approximate surface area is 280 Å². The molecule has 0 unspecified atom stereocenters. The van der Waals surface area contributed by atoms with E-state index in [0.717, 1.165) is 27.9 Å². The summed E-state index contributed by atoms with van der Waals surface area (Å²) in [5, 5.41) is 0. The number of carbonyl (C=O) groups excluding carboxylic acids is 6. The Morgan fingerprint density at radius 1 is 0.762 bits per heavy atom. The van der Waals surface area contributed by atoms with Crippen LogP contribution in [0, 0.1) is 6.92 Å². The molecule has 1 fully saturated rings. The van der Waals surface area contributed by atoms with Crippen LogP contribution < -0.4 is 4.74 Å². The Balaban J connectivity index is 0.00000840. The number of methoxy groups -OCH3 is 1. The molecule has 1 heterocycles. The minimum Gasteiger partial charge on any atom is -0.632 e. The molecular weight excluding hydrogens is 765 g/mol. The first-order valence-electron chi connectivity index (χ1n) is 11.5. The minimum absolute atomic E-state index is 0. The fourth-order valence-corrected chi connectivity index (χ4v) is 3.87. The van der Waals surface area contributed by atoms with Gasteiger partial charge in [0.2, 0.25) is 24.6 Å². The zero-order valence-electron chi connectivity index (χ0n) is 23.6. The first kappa shape index (κ1) is 39.2. The van der Waals surface area contributed by atoms with Crippen molar-refractivity contribution in [2.24, 2.45) is 0 Å². The first-order chi connectivity index (χ1) is 18.7. The van der Waals surface area contributed by atoms with E-state index in [2.05, 4.69) is 0 Å². The molecular formula is C24H28Cd2N2O14-2. The van der Waals surface area contributed by atoms with Crippen molar-refractivity contribution in [1.82, 2.24) is 0 Å². The number of carbonyl (C=O) groups is 6. The Kier molecular flexibility index (Phi) is 16.8. The van der Waals surface area contributed by atoms with Crippen LogP contribution in [-0.2, 0) is 120 Å². The molecule has 5 atom stereocenters. The van der Waals surface area contributed by atoms with E-state index < -0.39 is 80.0 Å². The summed E-state index contributed by atoms with van der Waals surface area (Å²) < 4.78 is 41.8. The van der Waals surface area contributed by atoms with E-state index in [1.54, 1.807) is 6.92 Å². The Morgan fingerprint density at radius 3 is 1.60 bits per heavy atom. The number of nitrogens with one attached hydrogen (secondary N) is 2. The fraction of sp³-hybridized carbons (Fsp3) is 0.500. The van der Waals surface area contributed by atoms with Crippen molar-refractivity contribution in [1.29, 1.82) is 0 Å².